The lowest BCUT2D eigenvalue weighted by atomic mass is 10.1. The Morgan fingerprint density at radius 3 is 2.71 bits per heavy atom. The van der Waals surface area contributed by atoms with Crippen LogP contribution in [0.2, 0.25) is 0 Å². The predicted octanol–water partition coefficient (Wildman–Crippen LogP) is 3.19. The van der Waals surface area contributed by atoms with Crippen LogP contribution in [-0.4, -0.2) is 35.9 Å². The van der Waals surface area contributed by atoms with Crippen molar-refractivity contribution in [3.8, 4) is 0 Å². The Bertz CT molecular complexity index is 477. The second kappa shape index (κ2) is 6.92. The number of aromatic nitrogens is 1. The molecule has 0 spiro atoms. The first-order chi connectivity index (χ1) is 10.0. The summed E-state index contributed by atoms with van der Waals surface area (Å²) in [7, 11) is 1.90. The van der Waals surface area contributed by atoms with Crippen molar-refractivity contribution >= 4 is 11.7 Å². The summed E-state index contributed by atoms with van der Waals surface area (Å²) in [6, 6.07) is 3.82. The lowest BCUT2D eigenvalue weighted by molar-refractivity contribution is 0.0787. The lowest BCUT2D eigenvalue weighted by Crippen LogP contribution is -2.29. The second-order valence-corrected chi connectivity index (χ2v) is 6.17. The average molecular weight is 289 g/mol. The minimum absolute atomic E-state index is 0.105. The first-order valence-electron chi connectivity index (χ1n) is 8.05. The first kappa shape index (κ1) is 15.8. The minimum atomic E-state index is 0.105. The maximum Gasteiger partial charge on any atom is 0.253 e. The molecular formula is C17H27N3O. The number of carbonyl (C=O) groups is 1. The average Bonchev–Trinajstić information content (AvgIpc) is 3.13. The lowest BCUT2D eigenvalue weighted by Gasteiger charge is -2.18. The van der Waals surface area contributed by atoms with Crippen LogP contribution in [0.15, 0.2) is 12.1 Å². The second-order valence-electron chi connectivity index (χ2n) is 6.17. The van der Waals surface area contributed by atoms with E-state index in [2.05, 4.69) is 24.1 Å². The molecule has 1 aliphatic carbocycles. The first-order valence-corrected chi connectivity index (χ1v) is 8.05. The van der Waals surface area contributed by atoms with Crippen LogP contribution in [0.1, 0.15) is 49.7 Å². The smallest absolute Gasteiger partial charge is 0.253 e. The van der Waals surface area contributed by atoms with E-state index in [0.29, 0.717) is 5.92 Å². The highest BCUT2D eigenvalue weighted by Crippen LogP contribution is 2.38. The van der Waals surface area contributed by atoms with Crippen LogP contribution < -0.4 is 5.32 Å². The fourth-order valence-electron chi connectivity index (χ4n) is 2.68. The van der Waals surface area contributed by atoms with Crippen molar-refractivity contribution < 1.29 is 4.79 Å². The Kier molecular flexibility index (Phi) is 5.21. The Morgan fingerprint density at radius 1 is 1.43 bits per heavy atom. The van der Waals surface area contributed by atoms with Gasteiger partial charge in [-0.2, -0.15) is 0 Å². The summed E-state index contributed by atoms with van der Waals surface area (Å²) >= 11 is 0. The van der Waals surface area contributed by atoms with Crippen molar-refractivity contribution in [2.24, 2.45) is 11.8 Å². The summed E-state index contributed by atoms with van der Waals surface area (Å²) in [6.07, 6.45) is 3.19. The van der Waals surface area contributed by atoms with E-state index >= 15 is 0 Å². The molecule has 1 fully saturated rings. The normalized spacial score (nSPS) is 20.2. The molecule has 116 valence electrons. The number of carbonyl (C=O) groups excluding carboxylic acids is 1. The summed E-state index contributed by atoms with van der Waals surface area (Å²) in [4.78, 5) is 19.0. The van der Waals surface area contributed by atoms with E-state index in [-0.39, 0.29) is 5.91 Å². The van der Waals surface area contributed by atoms with Crippen LogP contribution >= 0.6 is 0 Å². The Morgan fingerprint density at radius 2 is 2.14 bits per heavy atom. The van der Waals surface area contributed by atoms with Gasteiger partial charge in [0.1, 0.15) is 5.82 Å². The van der Waals surface area contributed by atoms with E-state index in [4.69, 9.17) is 0 Å². The standard InChI is InChI=1S/C17H27N3O/c1-5-7-15-9-13(10-16(19-15)18-6-2)17(21)20(4)11-14-8-12(14)3/h9-10,12,14H,5-8,11H2,1-4H3,(H,18,19). The van der Waals surface area contributed by atoms with Crippen molar-refractivity contribution in [2.75, 3.05) is 25.5 Å². The summed E-state index contributed by atoms with van der Waals surface area (Å²) in [5, 5.41) is 3.22. The number of pyridine rings is 1. The Hall–Kier alpha value is -1.58. The molecule has 21 heavy (non-hydrogen) atoms. The zero-order valence-electron chi connectivity index (χ0n) is 13.6. The molecule has 2 unspecified atom stereocenters. The van der Waals surface area contributed by atoms with Gasteiger partial charge in [-0.1, -0.05) is 20.3 Å². The molecule has 4 heteroatoms. The van der Waals surface area contributed by atoms with Gasteiger partial charge in [0.2, 0.25) is 0 Å². The topological polar surface area (TPSA) is 45.2 Å². The highest BCUT2D eigenvalue weighted by molar-refractivity contribution is 5.94. The van der Waals surface area contributed by atoms with Gasteiger partial charge in [-0.25, -0.2) is 4.98 Å². The van der Waals surface area contributed by atoms with Gasteiger partial charge in [-0.3, -0.25) is 4.79 Å². The minimum Gasteiger partial charge on any atom is -0.370 e. The summed E-state index contributed by atoms with van der Waals surface area (Å²) < 4.78 is 0. The molecule has 0 saturated heterocycles. The van der Waals surface area contributed by atoms with E-state index in [1.807, 2.05) is 31.0 Å². The van der Waals surface area contributed by atoms with Crippen LogP contribution in [-0.2, 0) is 6.42 Å². The molecule has 1 aliphatic rings. The molecule has 4 nitrogen and oxygen atoms in total. The molecule has 2 atom stereocenters. The highest BCUT2D eigenvalue weighted by atomic mass is 16.2. The van der Waals surface area contributed by atoms with Crippen molar-refractivity contribution in [3.63, 3.8) is 0 Å². The highest BCUT2D eigenvalue weighted by Gasteiger charge is 2.34. The van der Waals surface area contributed by atoms with Crippen LogP contribution in [0.3, 0.4) is 0 Å². The molecule has 0 radical (unpaired) electrons. The zero-order chi connectivity index (χ0) is 15.4. The monoisotopic (exact) mass is 289 g/mol. The zero-order valence-corrected chi connectivity index (χ0v) is 13.6. The quantitative estimate of drug-likeness (QED) is 0.838. The molecule has 0 aliphatic heterocycles. The van der Waals surface area contributed by atoms with Crippen molar-refractivity contribution in [1.29, 1.82) is 0 Å². The fourth-order valence-corrected chi connectivity index (χ4v) is 2.68. The van der Waals surface area contributed by atoms with Crippen molar-refractivity contribution in [2.45, 2.75) is 40.0 Å². The molecule has 0 bridgehead atoms. The number of anilines is 1. The molecule has 1 aromatic heterocycles. The number of hydrogen-bond donors (Lipinski definition) is 1. The molecule has 0 aromatic carbocycles. The Labute approximate surface area is 127 Å². The van der Waals surface area contributed by atoms with Gasteiger partial charge in [0.05, 0.1) is 0 Å². The molecule has 1 amide bonds. The largest absolute Gasteiger partial charge is 0.370 e. The van der Waals surface area contributed by atoms with E-state index in [9.17, 15) is 4.79 Å². The van der Waals surface area contributed by atoms with E-state index in [1.54, 1.807) is 0 Å². The number of rotatable bonds is 7. The summed E-state index contributed by atoms with van der Waals surface area (Å²) in [6.45, 7) is 8.09. The Balaban J connectivity index is 2.13. The van der Waals surface area contributed by atoms with Crippen molar-refractivity contribution in [1.82, 2.24) is 9.88 Å². The molecule has 2 rings (SSSR count). The fraction of sp³-hybridized carbons (Fsp3) is 0.647. The van der Waals surface area contributed by atoms with Gasteiger partial charge in [0.15, 0.2) is 0 Å². The van der Waals surface area contributed by atoms with Gasteiger partial charge < -0.3 is 10.2 Å². The van der Waals surface area contributed by atoms with Crippen LogP contribution in [0.5, 0.6) is 0 Å². The van der Waals surface area contributed by atoms with Gasteiger partial charge in [-0.05, 0) is 43.7 Å². The number of amides is 1. The molecular weight excluding hydrogens is 262 g/mol. The van der Waals surface area contributed by atoms with Gasteiger partial charge >= 0.3 is 0 Å². The van der Waals surface area contributed by atoms with Crippen LogP contribution in [0.25, 0.3) is 0 Å². The predicted molar refractivity (Wildman–Crippen MR) is 86.6 cm³/mol. The third-order valence-corrected chi connectivity index (χ3v) is 4.12. The van der Waals surface area contributed by atoms with E-state index in [1.165, 1.54) is 6.42 Å². The third kappa shape index (κ3) is 4.19. The maximum absolute atomic E-state index is 12.6. The molecule has 1 N–H and O–H groups in total. The molecule has 1 aromatic rings. The molecule has 1 heterocycles. The van der Waals surface area contributed by atoms with Crippen LogP contribution in [0, 0.1) is 11.8 Å². The van der Waals surface area contributed by atoms with Crippen molar-refractivity contribution in [3.05, 3.63) is 23.4 Å². The number of nitrogens with zero attached hydrogens (tertiary/aromatic N) is 2. The van der Waals surface area contributed by atoms with Gasteiger partial charge in [0.25, 0.3) is 5.91 Å². The maximum atomic E-state index is 12.6. The van der Waals surface area contributed by atoms with E-state index in [0.717, 1.165) is 48.9 Å². The summed E-state index contributed by atoms with van der Waals surface area (Å²) in [5.41, 5.74) is 1.74. The summed E-state index contributed by atoms with van der Waals surface area (Å²) in [5.74, 6) is 2.36. The van der Waals surface area contributed by atoms with Crippen LogP contribution in [0.4, 0.5) is 5.82 Å². The van der Waals surface area contributed by atoms with Gasteiger partial charge in [-0.15, -0.1) is 0 Å². The third-order valence-electron chi connectivity index (χ3n) is 4.12. The van der Waals surface area contributed by atoms with Gasteiger partial charge in [0, 0.05) is 31.4 Å². The number of nitrogens with one attached hydrogen (secondary N) is 1. The molecule has 1 saturated carbocycles. The number of aryl methyl sites for hydroxylation is 1. The number of hydrogen-bond acceptors (Lipinski definition) is 3. The SMILES string of the molecule is CCCc1cc(C(=O)N(C)CC2CC2C)cc(NCC)n1. The van der Waals surface area contributed by atoms with E-state index < -0.39 is 0 Å².